The largest absolute Gasteiger partial charge is 0.379 e. The lowest BCUT2D eigenvalue weighted by Gasteiger charge is -2.35. The molecule has 2 atom stereocenters. The highest BCUT2D eigenvalue weighted by molar-refractivity contribution is 4.92. The van der Waals surface area contributed by atoms with Gasteiger partial charge in [0.2, 0.25) is 0 Å². The predicted molar refractivity (Wildman–Crippen MR) is 73.1 cm³/mol. The molecule has 1 heterocycles. The summed E-state index contributed by atoms with van der Waals surface area (Å²) >= 11 is 0. The van der Waals surface area contributed by atoms with Crippen LogP contribution in [0.15, 0.2) is 0 Å². The summed E-state index contributed by atoms with van der Waals surface area (Å²) in [6.07, 6.45) is 2.54. The molecule has 0 saturated carbocycles. The topological polar surface area (TPSA) is 38.5 Å². The van der Waals surface area contributed by atoms with Gasteiger partial charge in [-0.3, -0.25) is 0 Å². The van der Waals surface area contributed by atoms with E-state index in [9.17, 15) is 0 Å². The minimum Gasteiger partial charge on any atom is -0.379 e. The van der Waals surface area contributed by atoms with Gasteiger partial charge >= 0.3 is 0 Å². The number of hydrogen-bond donors (Lipinski definition) is 1. The Balaban J connectivity index is 2.51. The number of ether oxygens (including phenoxy) is 1. The van der Waals surface area contributed by atoms with Crippen LogP contribution in [0.5, 0.6) is 0 Å². The van der Waals surface area contributed by atoms with Crippen LogP contribution in [0.2, 0.25) is 0 Å². The van der Waals surface area contributed by atoms with E-state index in [4.69, 9.17) is 10.5 Å². The van der Waals surface area contributed by atoms with Gasteiger partial charge in [0.1, 0.15) is 0 Å². The average Bonchev–Trinajstić information content (AvgIpc) is 2.65. The zero-order valence-corrected chi connectivity index (χ0v) is 12.0. The Kier molecular flexibility index (Phi) is 5.90. The Labute approximate surface area is 107 Å². The number of nitrogens with zero attached hydrogens (tertiary/aromatic N) is 1. The molecule has 1 fully saturated rings. The molecule has 1 aliphatic rings. The monoisotopic (exact) mass is 242 g/mol. The van der Waals surface area contributed by atoms with Crippen molar-refractivity contribution < 1.29 is 4.74 Å². The van der Waals surface area contributed by atoms with Gasteiger partial charge in [-0.25, -0.2) is 0 Å². The van der Waals surface area contributed by atoms with Crippen LogP contribution in [0.1, 0.15) is 40.5 Å². The van der Waals surface area contributed by atoms with E-state index in [1.54, 1.807) is 0 Å². The minimum atomic E-state index is 0.141. The van der Waals surface area contributed by atoms with E-state index in [1.165, 1.54) is 19.4 Å². The quantitative estimate of drug-likeness (QED) is 0.743. The van der Waals surface area contributed by atoms with Gasteiger partial charge in [-0.05, 0) is 12.5 Å². The van der Waals surface area contributed by atoms with Gasteiger partial charge < -0.3 is 15.4 Å². The van der Waals surface area contributed by atoms with Gasteiger partial charge in [-0.2, -0.15) is 0 Å². The van der Waals surface area contributed by atoms with Crippen molar-refractivity contribution in [3.05, 3.63) is 0 Å². The first-order valence-corrected chi connectivity index (χ1v) is 7.11. The van der Waals surface area contributed by atoms with Crippen molar-refractivity contribution in [2.75, 3.05) is 32.8 Å². The van der Waals surface area contributed by atoms with E-state index in [1.807, 2.05) is 0 Å². The zero-order valence-electron chi connectivity index (χ0n) is 12.0. The highest BCUT2D eigenvalue weighted by Gasteiger charge is 2.38. The zero-order chi connectivity index (χ0) is 12.9. The van der Waals surface area contributed by atoms with Gasteiger partial charge in [0.05, 0.1) is 13.2 Å². The molecule has 102 valence electrons. The lowest BCUT2D eigenvalue weighted by molar-refractivity contribution is 0.111. The number of hydrogen-bond acceptors (Lipinski definition) is 3. The molecule has 1 rings (SSSR count). The van der Waals surface area contributed by atoms with Crippen molar-refractivity contribution >= 4 is 0 Å². The molecule has 0 bridgehead atoms. The van der Waals surface area contributed by atoms with E-state index in [0.29, 0.717) is 0 Å². The maximum absolute atomic E-state index is 6.16. The van der Waals surface area contributed by atoms with Crippen LogP contribution in [0.4, 0.5) is 0 Å². The Bertz CT molecular complexity index is 218. The van der Waals surface area contributed by atoms with E-state index < -0.39 is 0 Å². The fourth-order valence-corrected chi connectivity index (χ4v) is 2.62. The second kappa shape index (κ2) is 6.72. The third kappa shape index (κ3) is 3.94. The van der Waals surface area contributed by atoms with Gasteiger partial charge in [0, 0.05) is 24.5 Å². The molecule has 3 nitrogen and oxygen atoms in total. The summed E-state index contributed by atoms with van der Waals surface area (Å²) in [5.74, 6) is 0.817. The molecule has 0 radical (unpaired) electrons. The summed E-state index contributed by atoms with van der Waals surface area (Å²) < 4.78 is 5.52. The normalized spacial score (nSPS) is 29.5. The van der Waals surface area contributed by atoms with Crippen molar-refractivity contribution in [1.82, 2.24) is 4.90 Å². The lowest BCUT2D eigenvalue weighted by Crippen LogP contribution is -2.47. The Morgan fingerprint density at radius 3 is 2.41 bits per heavy atom. The van der Waals surface area contributed by atoms with Crippen LogP contribution in [0.3, 0.4) is 0 Å². The number of nitrogens with two attached hydrogens (primary N) is 1. The predicted octanol–water partition coefficient (Wildman–Crippen LogP) is 2.11. The summed E-state index contributed by atoms with van der Waals surface area (Å²) in [5.41, 5.74) is 6.30. The van der Waals surface area contributed by atoms with E-state index >= 15 is 0 Å². The molecule has 2 unspecified atom stereocenters. The molecular weight excluding hydrogens is 212 g/mol. The van der Waals surface area contributed by atoms with Crippen molar-refractivity contribution in [2.24, 2.45) is 17.1 Å². The molecular formula is C14H30N2O. The van der Waals surface area contributed by atoms with E-state index in [2.05, 4.69) is 32.6 Å². The molecule has 17 heavy (non-hydrogen) atoms. The van der Waals surface area contributed by atoms with Crippen molar-refractivity contribution in [3.8, 4) is 0 Å². The van der Waals surface area contributed by atoms with Crippen molar-refractivity contribution in [3.63, 3.8) is 0 Å². The van der Waals surface area contributed by atoms with Crippen LogP contribution in [0, 0.1) is 11.3 Å². The minimum absolute atomic E-state index is 0.141. The van der Waals surface area contributed by atoms with Crippen LogP contribution < -0.4 is 5.73 Å². The summed E-state index contributed by atoms with van der Waals surface area (Å²) in [6.45, 7) is 14.0. The van der Waals surface area contributed by atoms with Crippen LogP contribution >= 0.6 is 0 Å². The van der Waals surface area contributed by atoms with Crippen molar-refractivity contribution in [2.45, 2.75) is 46.6 Å². The van der Waals surface area contributed by atoms with Gasteiger partial charge in [-0.15, -0.1) is 0 Å². The first-order valence-electron chi connectivity index (χ1n) is 7.11. The van der Waals surface area contributed by atoms with E-state index in [0.717, 1.165) is 32.2 Å². The molecule has 2 N–H and O–H groups in total. The van der Waals surface area contributed by atoms with Crippen LogP contribution in [-0.4, -0.2) is 43.8 Å². The summed E-state index contributed by atoms with van der Waals surface area (Å²) in [7, 11) is 0. The molecule has 3 heteroatoms. The second-order valence-electron chi connectivity index (χ2n) is 5.79. The molecule has 0 spiro atoms. The smallest absolute Gasteiger partial charge is 0.0624 e. The Morgan fingerprint density at radius 2 is 2.00 bits per heavy atom. The fourth-order valence-electron chi connectivity index (χ4n) is 2.62. The third-order valence-electron chi connectivity index (χ3n) is 4.33. The maximum atomic E-state index is 6.16. The first-order chi connectivity index (χ1) is 8.05. The SMILES string of the molecule is CCC(CC)CN(CC)CC1(C)COCC1N. The highest BCUT2D eigenvalue weighted by atomic mass is 16.5. The number of rotatable bonds is 7. The standard InChI is InChI=1S/C14H30N2O/c1-5-12(6-2)8-16(7-3)10-14(4)11-17-9-13(14)15/h12-13H,5-11,15H2,1-4H3. The van der Waals surface area contributed by atoms with Crippen molar-refractivity contribution in [1.29, 1.82) is 0 Å². The average molecular weight is 242 g/mol. The molecule has 0 amide bonds. The Morgan fingerprint density at radius 1 is 1.35 bits per heavy atom. The second-order valence-corrected chi connectivity index (χ2v) is 5.79. The highest BCUT2D eigenvalue weighted by Crippen LogP contribution is 2.28. The first kappa shape index (κ1) is 14.9. The molecule has 0 aromatic rings. The van der Waals surface area contributed by atoms with Gasteiger partial charge in [0.15, 0.2) is 0 Å². The summed E-state index contributed by atoms with van der Waals surface area (Å²) in [4.78, 5) is 2.55. The lowest BCUT2D eigenvalue weighted by atomic mass is 9.85. The molecule has 1 aliphatic heterocycles. The third-order valence-corrected chi connectivity index (χ3v) is 4.33. The maximum Gasteiger partial charge on any atom is 0.0624 e. The Hall–Kier alpha value is -0.120. The molecule has 0 aromatic heterocycles. The summed E-state index contributed by atoms with van der Waals surface area (Å²) in [6, 6.07) is 0.193. The van der Waals surface area contributed by atoms with Crippen LogP contribution in [-0.2, 0) is 4.74 Å². The fraction of sp³-hybridized carbons (Fsp3) is 1.00. The molecule has 1 saturated heterocycles. The molecule has 0 aromatic carbocycles. The van der Waals surface area contributed by atoms with Crippen LogP contribution in [0.25, 0.3) is 0 Å². The molecule has 0 aliphatic carbocycles. The van der Waals surface area contributed by atoms with Gasteiger partial charge in [-0.1, -0.05) is 40.5 Å². The van der Waals surface area contributed by atoms with Gasteiger partial charge in [0.25, 0.3) is 0 Å². The van der Waals surface area contributed by atoms with E-state index in [-0.39, 0.29) is 11.5 Å². The summed E-state index contributed by atoms with van der Waals surface area (Å²) in [5, 5.41) is 0.